The number of aromatic nitrogens is 2. The summed E-state index contributed by atoms with van der Waals surface area (Å²) < 4.78 is 2.16. The smallest absolute Gasteiger partial charge is 0.224 e. The van der Waals surface area contributed by atoms with Crippen LogP contribution in [-0.2, 0) is 10.3 Å². The lowest BCUT2D eigenvalue weighted by Crippen LogP contribution is -2.60. The number of rotatable bonds is 4. The zero-order valence-corrected chi connectivity index (χ0v) is 15.0. The van der Waals surface area contributed by atoms with Crippen molar-refractivity contribution >= 4 is 11.4 Å². The number of fused-ring (bicyclic) bond motifs is 3. The van der Waals surface area contributed by atoms with Gasteiger partial charge in [-0.2, -0.15) is 0 Å². The van der Waals surface area contributed by atoms with Crippen LogP contribution in [0.25, 0.3) is 5.52 Å². The van der Waals surface area contributed by atoms with Crippen LogP contribution in [0, 0.1) is 17.8 Å². The number of piperidine rings is 2. The van der Waals surface area contributed by atoms with Gasteiger partial charge in [0.15, 0.2) is 0 Å². The summed E-state index contributed by atoms with van der Waals surface area (Å²) in [6.07, 6.45) is 5.72. The number of hydrogen-bond donors (Lipinski definition) is 2. The first kappa shape index (κ1) is 15.4. The molecule has 2 saturated carbocycles. The number of carbonyl (C=O) groups excluding carboxylic acids is 1. The number of pyridine rings is 1. The molecule has 2 bridgehead atoms. The lowest BCUT2D eigenvalue weighted by Gasteiger charge is -2.49. The van der Waals surface area contributed by atoms with E-state index in [1.807, 2.05) is 6.07 Å². The van der Waals surface area contributed by atoms with E-state index in [1.54, 1.807) is 0 Å². The molecule has 1 unspecified atom stereocenters. The van der Waals surface area contributed by atoms with Gasteiger partial charge in [0.25, 0.3) is 0 Å². The van der Waals surface area contributed by atoms with Gasteiger partial charge in [-0.15, -0.1) is 0 Å². The molecule has 5 heteroatoms. The number of imidazole rings is 1. The fourth-order valence-electron chi connectivity index (χ4n) is 4.78. The van der Waals surface area contributed by atoms with Crippen molar-refractivity contribution in [2.24, 2.45) is 17.8 Å². The maximum atomic E-state index is 12.9. The Morgan fingerprint density at radius 1 is 1.28 bits per heavy atom. The Kier molecular flexibility index (Phi) is 3.26. The highest BCUT2D eigenvalue weighted by Gasteiger charge is 2.49. The molecule has 1 amide bonds. The van der Waals surface area contributed by atoms with E-state index < -0.39 is 5.54 Å². The van der Waals surface area contributed by atoms with Crippen LogP contribution < -0.4 is 10.6 Å². The summed E-state index contributed by atoms with van der Waals surface area (Å²) >= 11 is 0. The van der Waals surface area contributed by atoms with E-state index in [-0.39, 0.29) is 11.8 Å². The summed E-state index contributed by atoms with van der Waals surface area (Å²) in [6, 6.07) is 6.25. The van der Waals surface area contributed by atoms with Crippen molar-refractivity contribution in [3.8, 4) is 0 Å². The number of carbonyl (C=O) groups is 1. The van der Waals surface area contributed by atoms with Gasteiger partial charge in [0.05, 0.1) is 16.7 Å². The van der Waals surface area contributed by atoms with Crippen LogP contribution in [0.2, 0.25) is 0 Å². The lowest BCUT2D eigenvalue weighted by molar-refractivity contribution is -0.138. The minimum absolute atomic E-state index is 0.176. The second-order valence-electron chi connectivity index (χ2n) is 8.60. The molecule has 0 spiro atoms. The largest absolute Gasteiger partial charge is 0.344 e. The van der Waals surface area contributed by atoms with Crippen molar-refractivity contribution in [2.45, 2.75) is 44.6 Å². The van der Waals surface area contributed by atoms with Crippen LogP contribution in [0.5, 0.6) is 0 Å². The predicted molar refractivity (Wildman–Crippen MR) is 96.3 cm³/mol. The predicted octanol–water partition coefficient (Wildman–Crippen LogP) is 2.42. The van der Waals surface area contributed by atoms with Crippen LogP contribution in [0.4, 0.5) is 0 Å². The third-order valence-electron chi connectivity index (χ3n) is 6.27. The highest BCUT2D eigenvalue weighted by Crippen LogP contribution is 2.44. The summed E-state index contributed by atoms with van der Waals surface area (Å²) in [4.78, 5) is 17.9. The number of nitrogens with one attached hydrogen (secondary N) is 2. The lowest BCUT2D eigenvalue weighted by atomic mass is 9.61. The normalized spacial score (nSPS) is 28.6. The first-order chi connectivity index (χ1) is 12.0. The molecule has 3 atom stereocenters. The van der Waals surface area contributed by atoms with Crippen molar-refractivity contribution in [1.82, 2.24) is 20.0 Å². The zero-order valence-electron chi connectivity index (χ0n) is 15.0. The van der Waals surface area contributed by atoms with Gasteiger partial charge in [-0.1, -0.05) is 6.07 Å². The molecule has 1 aliphatic heterocycles. The van der Waals surface area contributed by atoms with E-state index in [0.717, 1.165) is 18.9 Å². The summed E-state index contributed by atoms with van der Waals surface area (Å²) in [5.41, 5.74) is 1.90. The Bertz CT molecular complexity index is 821. The minimum atomic E-state index is -0.480. The quantitative estimate of drug-likeness (QED) is 0.900. The molecule has 2 aromatic rings. The van der Waals surface area contributed by atoms with E-state index in [4.69, 9.17) is 4.98 Å². The van der Waals surface area contributed by atoms with Gasteiger partial charge >= 0.3 is 0 Å². The van der Waals surface area contributed by atoms with Gasteiger partial charge in [0.1, 0.15) is 5.82 Å². The summed E-state index contributed by atoms with van der Waals surface area (Å²) in [5, 5.41) is 6.73. The fraction of sp³-hybridized carbons (Fsp3) is 0.600. The van der Waals surface area contributed by atoms with Crippen LogP contribution in [-0.4, -0.2) is 28.4 Å². The number of amides is 1. The van der Waals surface area contributed by atoms with E-state index in [0.29, 0.717) is 17.8 Å². The Labute approximate surface area is 148 Å². The maximum absolute atomic E-state index is 12.9. The third-order valence-corrected chi connectivity index (χ3v) is 6.27. The van der Waals surface area contributed by atoms with E-state index in [9.17, 15) is 4.79 Å². The van der Waals surface area contributed by atoms with Crippen molar-refractivity contribution in [2.75, 3.05) is 13.1 Å². The molecule has 5 nitrogen and oxygen atoms in total. The second kappa shape index (κ2) is 5.31. The highest BCUT2D eigenvalue weighted by atomic mass is 16.2. The van der Waals surface area contributed by atoms with Crippen molar-refractivity contribution in [1.29, 1.82) is 0 Å². The van der Waals surface area contributed by atoms with Crippen LogP contribution in [0.3, 0.4) is 0 Å². The first-order valence-corrected chi connectivity index (χ1v) is 9.55. The average molecular weight is 338 g/mol. The van der Waals surface area contributed by atoms with Gasteiger partial charge in [0, 0.05) is 18.0 Å². The van der Waals surface area contributed by atoms with Gasteiger partial charge in [-0.3, -0.25) is 4.79 Å². The van der Waals surface area contributed by atoms with E-state index in [2.05, 4.69) is 47.2 Å². The molecular formula is C20H26N4O. The Balaban J connectivity index is 1.45. The van der Waals surface area contributed by atoms with Gasteiger partial charge in [0.2, 0.25) is 5.91 Å². The van der Waals surface area contributed by atoms with E-state index >= 15 is 0 Å². The molecule has 25 heavy (non-hydrogen) atoms. The standard InChI is InChI=1S/C20H26N4O/c1-20(2,23-18(25)16-13-9-14(16)11-21-10-13)19-22-17(12-6-7-12)15-5-3-4-8-24(15)19/h3-5,8,12-14,16,21H,6-7,9-11H2,1-2H3,(H,23,25)/t13-,14+,16?. The Morgan fingerprint density at radius 2 is 2.04 bits per heavy atom. The molecule has 2 N–H and O–H groups in total. The van der Waals surface area contributed by atoms with Crippen LogP contribution in [0.15, 0.2) is 24.4 Å². The van der Waals surface area contributed by atoms with Crippen LogP contribution in [0.1, 0.15) is 50.5 Å². The van der Waals surface area contributed by atoms with Crippen molar-refractivity contribution in [3.05, 3.63) is 35.9 Å². The summed E-state index contributed by atoms with van der Waals surface area (Å²) in [7, 11) is 0. The maximum Gasteiger partial charge on any atom is 0.224 e. The number of nitrogens with zero attached hydrogens (tertiary/aromatic N) is 2. The SMILES string of the molecule is CC(C)(NC(=O)C1[C@@H]2CNC[C@H]1C2)c1nc(C2CC2)c2ccccn12. The molecule has 0 aromatic carbocycles. The van der Waals surface area contributed by atoms with Gasteiger partial charge < -0.3 is 15.0 Å². The molecule has 1 saturated heterocycles. The van der Waals surface area contributed by atoms with Crippen LogP contribution >= 0.6 is 0 Å². The first-order valence-electron chi connectivity index (χ1n) is 9.55. The number of hydrogen-bond acceptors (Lipinski definition) is 3. The fourth-order valence-corrected chi connectivity index (χ4v) is 4.78. The third kappa shape index (κ3) is 2.40. The molecule has 132 valence electrons. The zero-order chi connectivity index (χ0) is 17.2. The Hall–Kier alpha value is -1.88. The molecule has 2 aromatic heterocycles. The van der Waals surface area contributed by atoms with Gasteiger partial charge in [-0.25, -0.2) is 4.98 Å². The topological polar surface area (TPSA) is 58.4 Å². The molecule has 0 radical (unpaired) electrons. The minimum Gasteiger partial charge on any atom is -0.344 e. The molecule has 5 rings (SSSR count). The summed E-state index contributed by atoms with van der Waals surface area (Å²) in [5.74, 6) is 2.93. The van der Waals surface area contributed by atoms with Gasteiger partial charge in [-0.05, 0) is 70.2 Å². The van der Waals surface area contributed by atoms with E-state index in [1.165, 1.54) is 30.5 Å². The molecule has 2 aliphatic carbocycles. The van der Waals surface area contributed by atoms with Crippen molar-refractivity contribution in [3.63, 3.8) is 0 Å². The average Bonchev–Trinajstić information content (AvgIpc) is 3.34. The summed E-state index contributed by atoms with van der Waals surface area (Å²) in [6.45, 7) is 6.12. The molecule has 3 fully saturated rings. The second-order valence-corrected chi connectivity index (χ2v) is 8.60. The molecule has 3 aliphatic rings. The molecular weight excluding hydrogens is 312 g/mol. The highest BCUT2D eigenvalue weighted by molar-refractivity contribution is 5.81. The monoisotopic (exact) mass is 338 g/mol. The Morgan fingerprint density at radius 3 is 2.72 bits per heavy atom. The molecule has 3 heterocycles. The van der Waals surface area contributed by atoms with Crippen molar-refractivity contribution < 1.29 is 4.79 Å².